The Morgan fingerprint density at radius 2 is 2.21 bits per heavy atom. The molecule has 0 amide bonds. The molecular formula is C9H12FNO3. The molecule has 0 bridgehead atoms. The van der Waals surface area contributed by atoms with E-state index in [4.69, 9.17) is 15.6 Å². The van der Waals surface area contributed by atoms with Crippen molar-refractivity contribution in [3.05, 3.63) is 23.5 Å². The minimum Gasteiger partial charge on any atom is -0.504 e. The van der Waals surface area contributed by atoms with Crippen LogP contribution in [0, 0.1) is 5.82 Å². The summed E-state index contributed by atoms with van der Waals surface area (Å²) in [4.78, 5) is 0. The van der Waals surface area contributed by atoms with E-state index in [0.717, 1.165) is 12.1 Å². The molecule has 1 atom stereocenters. The predicted octanol–water partition coefficient (Wildman–Crippen LogP) is 0.532. The largest absolute Gasteiger partial charge is 0.504 e. The molecule has 14 heavy (non-hydrogen) atoms. The number of methoxy groups -OCH3 is 1. The number of ether oxygens (including phenoxy) is 1. The van der Waals surface area contributed by atoms with Gasteiger partial charge in [-0.2, -0.15) is 0 Å². The summed E-state index contributed by atoms with van der Waals surface area (Å²) in [6, 6.07) is 1.29. The van der Waals surface area contributed by atoms with E-state index < -0.39 is 11.9 Å². The molecule has 4 nitrogen and oxygen atoms in total. The summed E-state index contributed by atoms with van der Waals surface area (Å²) >= 11 is 0. The molecule has 0 saturated carbocycles. The molecule has 0 radical (unpaired) electrons. The van der Waals surface area contributed by atoms with Gasteiger partial charge in [-0.3, -0.25) is 0 Å². The van der Waals surface area contributed by atoms with Crippen LogP contribution in [-0.2, 0) is 0 Å². The van der Waals surface area contributed by atoms with Crippen LogP contribution in [0.15, 0.2) is 12.1 Å². The number of hydrogen-bond donors (Lipinski definition) is 3. The molecule has 0 fully saturated rings. The second-order valence-electron chi connectivity index (χ2n) is 2.83. The fourth-order valence-electron chi connectivity index (χ4n) is 1.13. The van der Waals surface area contributed by atoms with Crippen LogP contribution in [0.5, 0.6) is 11.5 Å². The number of aliphatic hydroxyl groups excluding tert-OH is 1. The quantitative estimate of drug-likeness (QED) is 0.666. The second kappa shape index (κ2) is 4.26. The lowest BCUT2D eigenvalue weighted by atomic mass is 10.1. The molecule has 1 aromatic rings. The van der Waals surface area contributed by atoms with Crippen molar-refractivity contribution in [1.29, 1.82) is 0 Å². The van der Waals surface area contributed by atoms with E-state index in [2.05, 4.69) is 0 Å². The summed E-state index contributed by atoms with van der Waals surface area (Å²) in [5.74, 6) is -0.807. The summed E-state index contributed by atoms with van der Waals surface area (Å²) in [6.45, 7) is -0.375. The van der Waals surface area contributed by atoms with Gasteiger partial charge in [-0.05, 0) is 6.07 Å². The third-order valence-electron chi connectivity index (χ3n) is 1.89. The molecule has 4 N–H and O–H groups in total. The number of halogens is 1. The Balaban J connectivity index is 3.21. The Morgan fingerprint density at radius 1 is 1.57 bits per heavy atom. The molecule has 1 rings (SSSR count). The first-order valence-corrected chi connectivity index (χ1v) is 4.03. The molecule has 0 saturated heterocycles. The van der Waals surface area contributed by atoms with Gasteiger partial charge in [0.1, 0.15) is 5.82 Å². The number of nitrogens with two attached hydrogens (primary N) is 1. The van der Waals surface area contributed by atoms with Gasteiger partial charge in [0.25, 0.3) is 0 Å². The summed E-state index contributed by atoms with van der Waals surface area (Å²) in [5.41, 5.74) is 5.58. The highest BCUT2D eigenvalue weighted by atomic mass is 19.1. The molecular weight excluding hydrogens is 189 g/mol. The maximum Gasteiger partial charge on any atom is 0.163 e. The summed E-state index contributed by atoms with van der Waals surface area (Å²) in [5, 5.41) is 18.3. The average Bonchev–Trinajstić information content (AvgIpc) is 2.19. The molecule has 0 aromatic heterocycles. The van der Waals surface area contributed by atoms with Gasteiger partial charge in [0.15, 0.2) is 11.5 Å². The first-order chi connectivity index (χ1) is 6.60. The van der Waals surface area contributed by atoms with Gasteiger partial charge < -0.3 is 20.7 Å². The van der Waals surface area contributed by atoms with Crippen LogP contribution in [0.4, 0.5) is 4.39 Å². The smallest absolute Gasteiger partial charge is 0.163 e. The van der Waals surface area contributed by atoms with E-state index in [0.29, 0.717) is 0 Å². The Labute approximate surface area is 80.7 Å². The monoisotopic (exact) mass is 201 g/mol. The maximum absolute atomic E-state index is 13.0. The Hall–Kier alpha value is -1.33. The van der Waals surface area contributed by atoms with Crippen LogP contribution >= 0.6 is 0 Å². The van der Waals surface area contributed by atoms with E-state index in [1.807, 2.05) is 0 Å². The van der Waals surface area contributed by atoms with E-state index in [9.17, 15) is 9.50 Å². The van der Waals surface area contributed by atoms with Gasteiger partial charge in [-0.1, -0.05) is 0 Å². The highest BCUT2D eigenvalue weighted by molar-refractivity contribution is 5.47. The van der Waals surface area contributed by atoms with Crippen molar-refractivity contribution in [2.24, 2.45) is 5.73 Å². The highest BCUT2D eigenvalue weighted by Gasteiger charge is 2.15. The molecule has 0 aliphatic heterocycles. The molecule has 0 unspecified atom stereocenters. The minimum atomic E-state index is -0.820. The van der Waals surface area contributed by atoms with Gasteiger partial charge in [0.05, 0.1) is 19.8 Å². The van der Waals surface area contributed by atoms with Crippen molar-refractivity contribution in [2.45, 2.75) is 6.04 Å². The van der Waals surface area contributed by atoms with Gasteiger partial charge >= 0.3 is 0 Å². The van der Waals surface area contributed by atoms with Crippen LogP contribution in [0.25, 0.3) is 0 Å². The van der Waals surface area contributed by atoms with Gasteiger partial charge in [0.2, 0.25) is 0 Å². The van der Waals surface area contributed by atoms with Crippen LogP contribution in [0.2, 0.25) is 0 Å². The van der Waals surface area contributed by atoms with E-state index in [1.165, 1.54) is 7.11 Å². The zero-order valence-corrected chi connectivity index (χ0v) is 7.70. The molecule has 0 aliphatic carbocycles. The first kappa shape index (κ1) is 10.7. The number of benzene rings is 1. The van der Waals surface area contributed by atoms with Gasteiger partial charge in [0, 0.05) is 11.6 Å². The lowest BCUT2D eigenvalue weighted by Crippen LogP contribution is -2.15. The normalized spacial score (nSPS) is 12.6. The van der Waals surface area contributed by atoms with E-state index in [1.54, 1.807) is 0 Å². The molecule has 0 spiro atoms. The highest BCUT2D eigenvalue weighted by Crippen LogP contribution is 2.33. The van der Waals surface area contributed by atoms with E-state index in [-0.39, 0.29) is 23.7 Å². The van der Waals surface area contributed by atoms with Crippen molar-refractivity contribution in [3.8, 4) is 11.5 Å². The maximum atomic E-state index is 13.0. The first-order valence-electron chi connectivity index (χ1n) is 4.03. The topological polar surface area (TPSA) is 75.7 Å². The Kier molecular flexibility index (Phi) is 3.27. The lowest BCUT2D eigenvalue weighted by molar-refractivity contribution is 0.263. The van der Waals surface area contributed by atoms with Crippen LogP contribution in [0.3, 0.4) is 0 Å². The molecule has 5 heteroatoms. The molecule has 0 heterocycles. The Bertz CT molecular complexity index is 330. The lowest BCUT2D eigenvalue weighted by Gasteiger charge is -2.13. The third kappa shape index (κ3) is 1.94. The molecule has 1 aromatic carbocycles. The van der Waals surface area contributed by atoms with Crippen molar-refractivity contribution >= 4 is 0 Å². The van der Waals surface area contributed by atoms with Crippen LogP contribution in [-0.4, -0.2) is 23.9 Å². The zero-order chi connectivity index (χ0) is 10.7. The fraction of sp³-hybridized carbons (Fsp3) is 0.333. The molecule has 0 aliphatic rings. The summed E-state index contributed by atoms with van der Waals surface area (Å²) < 4.78 is 17.7. The summed E-state index contributed by atoms with van der Waals surface area (Å²) in [7, 11) is 1.31. The number of phenolic OH excluding ortho intramolecular Hbond substituents is 1. The fourth-order valence-corrected chi connectivity index (χ4v) is 1.13. The standard InChI is InChI=1S/C9H12FNO3/c1-14-8-3-5(10)2-6(9(8)13)7(11)4-12/h2-3,7,12-13H,4,11H2,1H3/t7-/m1/s1. The minimum absolute atomic E-state index is 0.00361. The van der Waals surface area contributed by atoms with Gasteiger partial charge in [-0.15, -0.1) is 0 Å². The summed E-state index contributed by atoms with van der Waals surface area (Å²) in [6.07, 6.45) is 0. The van der Waals surface area contributed by atoms with Crippen LogP contribution < -0.4 is 10.5 Å². The number of phenols is 1. The number of aliphatic hydroxyl groups is 1. The van der Waals surface area contributed by atoms with Crippen molar-refractivity contribution in [1.82, 2.24) is 0 Å². The SMILES string of the molecule is COc1cc(F)cc([C@H](N)CO)c1O. The number of rotatable bonds is 3. The second-order valence-corrected chi connectivity index (χ2v) is 2.83. The van der Waals surface area contributed by atoms with Gasteiger partial charge in [-0.25, -0.2) is 4.39 Å². The number of hydrogen-bond acceptors (Lipinski definition) is 4. The van der Waals surface area contributed by atoms with Crippen molar-refractivity contribution < 1.29 is 19.3 Å². The molecule has 78 valence electrons. The predicted molar refractivity (Wildman–Crippen MR) is 48.6 cm³/mol. The van der Waals surface area contributed by atoms with Crippen molar-refractivity contribution in [2.75, 3.05) is 13.7 Å². The third-order valence-corrected chi connectivity index (χ3v) is 1.89. The average molecular weight is 201 g/mol. The number of aromatic hydroxyl groups is 1. The van der Waals surface area contributed by atoms with E-state index >= 15 is 0 Å². The zero-order valence-electron chi connectivity index (χ0n) is 7.70. The van der Waals surface area contributed by atoms with Crippen LogP contribution in [0.1, 0.15) is 11.6 Å². The van der Waals surface area contributed by atoms with Crippen molar-refractivity contribution in [3.63, 3.8) is 0 Å². The Morgan fingerprint density at radius 3 is 2.71 bits per heavy atom.